The number of anilines is 1. The van der Waals surface area contributed by atoms with Gasteiger partial charge in [-0.3, -0.25) is 0 Å². The van der Waals surface area contributed by atoms with Crippen molar-refractivity contribution < 1.29 is 4.74 Å². The largest absolute Gasteiger partial charge is 0.436 e. The zero-order valence-electron chi connectivity index (χ0n) is 8.32. The molecule has 88 valence electrons. The lowest BCUT2D eigenvalue weighted by Crippen LogP contribution is -1.96. The number of hydrogen-bond acceptors (Lipinski definition) is 4. The van der Waals surface area contributed by atoms with E-state index in [4.69, 9.17) is 33.7 Å². The molecular formula is C10H6BrCl2N3O. The number of halogens is 3. The van der Waals surface area contributed by atoms with Gasteiger partial charge in [-0.2, -0.15) is 0 Å². The summed E-state index contributed by atoms with van der Waals surface area (Å²) in [5.74, 6) is 1.02. The molecule has 0 unspecified atom stereocenters. The summed E-state index contributed by atoms with van der Waals surface area (Å²) in [7, 11) is 0. The second-order valence-corrected chi connectivity index (χ2v) is 4.69. The number of aromatic nitrogens is 2. The van der Waals surface area contributed by atoms with Gasteiger partial charge in [-0.1, -0.05) is 23.2 Å². The number of hydrogen-bond donors (Lipinski definition) is 1. The van der Waals surface area contributed by atoms with E-state index in [0.29, 0.717) is 32.0 Å². The predicted molar refractivity (Wildman–Crippen MR) is 70.7 cm³/mol. The minimum absolute atomic E-state index is 0.292. The zero-order valence-corrected chi connectivity index (χ0v) is 11.4. The maximum atomic E-state index is 5.97. The Morgan fingerprint density at radius 1 is 1.24 bits per heavy atom. The van der Waals surface area contributed by atoms with Crippen molar-refractivity contribution in [3.05, 3.63) is 39.0 Å². The Morgan fingerprint density at radius 3 is 2.71 bits per heavy atom. The summed E-state index contributed by atoms with van der Waals surface area (Å²) in [6.45, 7) is 0. The highest BCUT2D eigenvalue weighted by molar-refractivity contribution is 9.10. The summed E-state index contributed by atoms with van der Waals surface area (Å²) in [6, 6.07) is 4.90. The summed E-state index contributed by atoms with van der Waals surface area (Å²) in [6.07, 6.45) is 1.30. The molecule has 2 rings (SSSR count). The van der Waals surface area contributed by atoms with Crippen molar-refractivity contribution in [3.8, 4) is 11.6 Å². The minimum atomic E-state index is 0.292. The molecule has 1 aromatic carbocycles. The number of rotatable bonds is 2. The topological polar surface area (TPSA) is 61.0 Å². The molecule has 0 bridgehead atoms. The van der Waals surface area contributed by atoms with Crippen molar-refractivity contribution in [1.82, 2.24) is 9.97 Å². The smallest absolute Gasteiger partial charge is 0.238 e. The first-order valence-corrected chi connectivity index (χ1v) is 6.01. The van der Waals surface area contributed by atoms with Crippen LogP contribution >= 0.6 is 39.1 Å². The zero-order chi connectivity index (χ0) is 12.4. The second kappa shape index (κ2) is 5.08. The van der Waals surface area contributed by atoms with Crippen LogP contribution in [0.4, 0.5) is 5.82 Å². The summed E-state index contributed by atoms with van der Waals surface area (Å²) < 4.78 is 5.98. The average molecular weight is 335 g/mol. The van der Waals surface area contributed by atoms with Gasteiger partial charge in [-0.15, -0.1) is 0 Å². The van der Waals surface area contributed by atoms with E-state index in [1.165, 1.54) is 6.33 Å². The van der Waals surface area contributed by atoms with E-state index < -0.39 is 0 Å². The van der Waals surface area contributed by atoms with Crippen LogP contribution < -0.4 is 10.5 Å². The Morgan fingerprint density at radius 2 is 2.00 bits per heavy atom. The molecule has 0 fully saturated rings. The van der Waals surface area contributed by atoms with Crippen LogP contribution in [-0.2, 0) is 0 Å². The Balaban J connectivity index is 2.35. The summed E-state index contributed by atoms with van der Waals surface area (Å²) in [5.41, 5.74) is 5.60. The quantitative estimate of drug-likeness (QED) is 0.904. The Hall–Kier alpha value is -1.04. The third-order valence-corrected chi connectivity index (χ3v) is 3.16. The van der Waals surface area contributed by atoms with Gasteiger partial charge in [-0.05, 0) is 34.1 Å². The highest BCUT2D eigenvalue weighted by atomic mass is 79.9. The van der Waals surface area contributed by atoms with Crippen LogP contribution in [0.15, 0.2) is 29.0 Å². The van der Waals surface area contributed by atoms with Crippen molar-refractivity contribution in [1.29, 1.82) is 0 Å². The van der Waals surface area contributed by atoms with E-state index >= 15 is 0 Å². The predicted octanol–water partition coefficient (Wildman–Crippen LogP) is 3.92. The van der Waals surface area contributed by atoms with Gasteiger partial charge in [0.25, 0.3) is 0 Å². The van der Waals surface area contributed by atoms with E-state index in [1.807, 2.05) is 0 Å². The highest BCUT2D eigenvalue weighted by Gasteiger charge is 2.10. The molecule has 0 atom stereocenters. The molecular weight excluding hydrogens is 329 g/mol. The van der Waals surface area contributed by atoms with Crippen LogP contribution in [0.25, 0.3) is 0 Å². The highest BCUT2D eigenvalue weighted by Crippen LogP contribution is 2.34. The monoisotopic (exact) mass is 333 g/mol. The number of nitrogens with zero attached hydrogens (tertiary/aromatic N) is 2. The molecule has 0 saturated heterocycles. The van der Waals surface area contributed by atoms with Gasteiger partial charge in [0.15, 0.2) is 0 Å². The van der Waals surface area contributed by atoms with Gasteiger partial charge < -0.3 is 10.5 Å². The van der Waals surface area contributed by atoms with E-state index in [2.05, 4.69) is 25.9 Å². The number of nitrogens with two attached hydrogens (primary N) is 1. The van der Waals surface area contributed by atoms with E-state index in [-0.39, 0.29) is 0 Å². The molecule has 7 heteroatoms. The molecule has 2 N–H and O–H groups in total. The van der Waals surface area contributed by atoms with Gasteiger partial charge in [-0.25, -0.2) is 9.97 Å². The molecule has 0 aliphatic rings. The fourth-order valence-electron chi connectivity index (χ4n) is 1.10. The fraction of sp³-hybridized carbons (Fsp3) is 0. The average Bonchev–Trinajstić information content (AvgIpc) is 2.28. The van der Waals surface area contributed by atoms with Crippen molar-refractivity contribution >= 4 is 44.9 Å². The number of benzene rings is 1. The minimum Gasteiger partial charge on any atom is -0.436 e. The van der Waals surface area contributed by atoms with Crippen LogP contribution in [0.3, 0.4) is 0 Å². The normalized spacial score (nSPS) is 10.3. The molecule has 17 heavy (non-hydrogen) atoms. The molecule has 0 radical (unpaired) electrons. The first-order valence-electron chi connectivity index (χ1n) is 4.47. The van der Waals surface area contributed by atoms with E-state index in [0.717, 1.165) is 0 Å². The maximum Gasteiger partial charge on any atom is 0.238 e. The molecule has 0 spiro atoms. The molecule has 0 saturated carbocycles. The SMILES string of the molecule is Nc1ncnc(Oc2ccc(Cl)cc2Cl)c1Br. The standard InChI is InChI=1S/C10H6BrCl2N3O/c11-8-9(14)15-4-16-10(8)17-7-2-1-5(12)3-6(7)13/h1-4H,(H2,14,15,16). The first kappa shape index (κ1) is 12.4. The van der Waals surface area contributed by atoms with Gasteiger partial charge >= 0.3 is 0 Å². The third-order valence-electron chi connectivity index (χ3n) is 1.89. The lowest BCUT2D eigenvalue weighted by molar-refractivity contribution is 0.459. The van der Waals surface area contributed by atoms with Gasteiger partial charge in [0.2, 0.25) is 5.88 Å². The van der Waals surface area contributed by atoms with E-state index in [1.54, 1.807) is 18.2 Å². The summed E-state index contributed by atoms with van der Waals surface area (Å²) >= 11 is 15.0. The fourth-order valence-corrected chi connectivity index (χ4v) is 1.83. The van der Waals surface area contributed by atoms with Crippen LogP contribution in [-0.4, -0.2) is 9.97 Å². The Kier molecular flexibility index (Phi) is 3.71. The maximum absolute atomic E-state index is 5.97. The van der Waals surface area contributed by atoms with E-state index in [9.17, 15) is 0 Å². The van der Waals surface area contributed by atoms with Crippen molar-refractivity contribution in [3.63, 3.8) is 0 Å². The van der Waals surface area contributed by atoms with Crippen LogP contribution in [0.5, 0.6) is 11.6 Å². The lowest BCUT2D eigenvalue weighted by Gasteiger charge is -2.08. The second-order valence-electron chi connectivity index (χ2n) is 3.05. The molecule has 1 aromatic heterocycles. The van der Waals surface area contributed by atoms with Crippen molar-refractivity contribution in [2.75, 3.05) is 5.73 Å². The van der Waals surface area contributed by atoms with Gasteiger partial charge in [0, 0.05) is 5.02 Å². The molecule has 2 aromatic rings. The van der Waals surface area contributed by atoms with Crippen LogP contribution in [0.1, 0.15) is 0 Å². The molecule has 0 aliphatic carbocycles. The molecule has 1 heterocycles. The Labute approximate surface area is 116 Å². The third kappa shape index (κ3) is 2.80. The Bertz CT molecular complexity index is 565. The first-order chi connectivity index (χ1) is 8.08. The molecule has 0 amide bonds. The molecule has 0 aliphatic heterocycles. The van der Waals surface area contributed by atoms with Crippen LogP contribution in [0, 0.1) is 0 Å². The van der Waals surface area contributed by atoms with Crippen LogP contribution in [0.2, 0.25) is 10.0 Å². The summed E-state index contributed by atoms with van der Waals surface area (Å²) in [4.78, 5) is 7.75. The van der Waals surface area contributed by atoms with Crippen molar-refractivity contribution in [2.45, 2.75) is 0 Å². The van der Waals surface area contributed by atoms with Crippen molar-refractivity contribution in [2.24, 2.45) is 0 Å². The summed E-state index contributed by atoms with van der Waals surface area (Å²) in [5, 5.41) is 0.921. The van der Waals surface area contributed by atoms with Gasteiger partial charge in [0.05, 0.1) is 5.02 Å². The number of nitrogen functional groups attached to an aromatic ring is 1. The van der Waals surface area contributed by atoms with Gasteiger partial charge in [0.1, 0.15) is 22.4 Å². The number of ether oxygens (including phenoxy) is 1. The molecule has 4 nitrogen and oxygen atoms in total. The lowest BCUT2D eigenvalue weighted by atomic mass is 10.3.